The highest BCUT2D eigenvalue weighted by Gasteiger charge is 2.25. The molecule has 9 heteroatoms. The first kappa shape index (κ1) is 19.2. The number of aromatic nitrogens is 2. The van der Waals surface area contributed by atoms with Crippen LogP contribution in [0.3, 0.4) is 0 Å². The van der Waals surface area contributed by atoms with Gasteiger partial charge in [0.1, 0.15) is 23.7 Å². The summed E-state index contributed by atoms with van der Waals surface area (Å²) >= 11 is 6.30. The summed E-state index contributed by atoms with van der Waals surface area (Å²) in [5, 5.41) is 9.99. The van der Waals surface area contributed by atoms with Crippen molar-refractivity contribution in [2.75, 3.05) is 31.1 Å². The maximum absolute atomic E-state index is 15.2. The predicted molar refractivity (Wildman–Crippen MR) is 106 cm³/mol. The Kier molecular flexibility index (Phi) is 5.10. The molecule has 0 saturated carbocycles. The highest BCUT2D eigenvalue weighted by atomic mass is 35.5. The van der Waals surface area contributed by atoms with Gasteiger partial charge in [0.05, 0.1) is 16.8 Å². The lowest BCUT2D eigenvalue weighted by Gasteiger charge is -2.34. The number of phenols is 1. The van der Waals surface area contributed by atoms with Gasteiger partial charge in [-0.25, -0.2) is 13.8 Å². The van der Waals surface area contributed by atoms with E-state index in [0.29, 0.717) is 32.0 Å². The molecule has 3 aromatic rings. The number of aromatic hydroxyl groups is 1. The Morgan fingerprint density at radius 3 is 2.59 bits per heavy atom. The number of anilines is 1. The second-order valence-corrected chi connectivity index (χ2v) is 7.02. The van der Waals surface area contributed by atoms with Gasteiger partial charge in [-0.05, 0) is 18.2 Å². The molecule has 1 aromatic carbocycles. The van der Waals surface area contributed by atoms with Crippen molar-refractivity contribution in [1.29, 1.82) is 0 Å². The quantitative estimate of drug-likeness (QED) is 0.519. The van der Waals surface area contributed by atoms with Crippen LogP contribution in [0.4, 0.5) is 14.6 Å². The number of phenolic OH excluding ortho intramolecular Hbond substituents is 1. The second-order valence-electron chi connectivity index (χ2n) is 6.61. The summed E-state index contributed by atoms with van der Waals surface area (Å²) in [6, 6.07) is 3.73. The van der Waals surface area contributed by atoms with Crippen LogP contribution in [0.1, 0.15) is 0 Å². The highest BCUT2D eigenvalue weighted by molar-refractivity contribution is 6.33. The molecule has 6 nitrogen and oxygen atoms in total. The largest absolute Gasteiger partial charge is 0.507 e. The van der Waals surface area contributed by atoms with Crippen LogP contribution in [-0.4, -0.2) is 51.9 Å². The third kappa shape index (κ3) is 3.40. The summed E-state index contributed by atoms with van der Waals surface area (Å²) in [6.45, 7) is 2.67. The van der Waals surface area contributed by atoms with Gasteiger partial charge in [-0.3, -0.25) is 9.20 Å². The molecule has 29 heavy (non-hydrogen) atoms. The van der Waals surface area contributed by atoms with Crippen molar-refractivity contribution in [2.24, 2.45) is 0 Å². The van der Waals surface area contributed by atoms with Gasteiger partial charge in [0.2, 0.25) is 0 Å². The number of allylic oxidation sites excluding steroid dienone is 1. The van der Waals surface area contributed by atoms with Gasteiger partial charge in [-0.2, -0.15) is 0 Å². The van der Waals surface area contributed by atoms with Gasteiger partial charge in [0.25, 0.3) is 0 Å². The number of halogens is 3. The van der Waals surface area contributed by atoms with E-state index in [-0.39, 0.29) is 21.8 Å². The highest BCUT2D eigenvalue weighted by Crippen LogP contribution is 2.40. The zero-order valence-electron chi connectivity index (χ0n) is 15.2. The van der Waals surface area contributed by atoms with Crippen LogP contribution in [-0.2, 0) is 4.79 Å². The van der Waals surface area contributed by atoms with Crippen molar-refractivity contribution < 1.29 is 18.7 Å². The van der Waals surface area contributed by atoms with Crippen molar-refractivity contribution in [3.63, 3.8) is 0 Å². The Morgan fingerprint density at radius 2 is 1.90 bits per heavy atom. The fourth-order valence-corrected chi connectivity index (χ4v) is 3.79. The van der Waals surface area contributed by atoms with E-state index in [0.717, 1.165) is 12.4 Å². The lowest BCUT2D eigenvalue weighted by Crippen LogP contribution is -2.44. The monoisotopic (exact) mass is 418 g/mol. The molecule has 1 saturated heterocycles. The zero-order chi connectivity index (χ0) is 20.5. The molecule has 1 N–H and O–H groups in total. The summed E-state index contributed by atoms with van der Waals surface area (Å²) in [6.07, 6.45) is 6.92. The van der Waals surface area contributed by atoms with Gasteiger partial charge < -0.3 is 14.9 Å². The number of hydrogen-bond acceptors (Lipinski definition) is 5. The number of rotatable bonds is 4. The SMILES string of the molecule is O=CC=CN1CCN(c2cnc3c(F)c(-c4c(O)cccc4F)c(Cl)cn23)CC1. The number of hydrogen-bond donors (Lipinski definition) is 1. The second kappa shape index (κ2) is 7.71. The molecular formula is C20H17ClF2N4O2. The number of carbonyl (C=O) groups excluding carboxylic acids is 1. The van der Waals surface area contributed by atoms with Crippen LogP contribution in [0.2, 0.25) is 5.02 Å². The van der Waals surface area contributed by atoms with Crippen LogP contribution in [0, 0.1) is 11.6 Å². The summed E-state index contributed by atoms with van der Waals surface area (Å²) in [5.41, 5.74) is -0.529. The topological polar surface area (TPSA) is 61.1 Å². The number of piperazine rings is 1. The van der Waals surface area contributed by atoms with Crippen LogP contribution in [0.25, 0.3) is 16.8 Å². The number of aldehydes is 1. The van der Waals surface area contributed by atoms with Gasteiger partial charge in [-0.15, -0.1) is 0 Å². The Hall–Kier alpha value is -3.13. The molecule has 150 valence electrons. The maximum atomic E-state index is 15.2. The summed E-state index contributed by atoms with van der Waals surface area (Å²) in [4.78, 5) is 18.7. The molecule has 1 aliphatic heterocycles. The number of benzene rings is 1. The minimum atomic E-state index is -0.809. The van der Waals surface area contributed by atoms with E-state index in [4.69, 9.17) is 11.6 Å². The molecule has 0 spiro atoms. The Bertz CT molecular complexity index is 1090. The first-order valence-corrected chi connectivity index (χ1v) is 9.33. The number of fused-ring (bicyclic) bond motifs is 1. The standard InChI is InChI=1S/C20H17ClF2N4O2/c21-13-12-27-16(26-8-6-25(7-9-26)5-2-10-28)11-24-20(27)19(23)17(13)18-14(22)3-1-4-15(18)29/h1-5,10-12,29H,6-9H2. The minimum absolute atomic E-state index is 0.00895. The van der Waals surface area contributed by atoms with E-state index in [2.05, 4.69) is 4.98 Å². The summed E-state index contributed by atoms with van der Waals surface area (Å²) in [5.74, 6) is -1.33. The van der Waals surface area contributed by atoms with Gasteiger partial charge in [-0.1, -0.05) is 17.7 Å². The number of nitrogens with zero attached hydrogens (tertiary/aromatic N) is 4. The Labute approximate surface area is 170 Å². The zero-order valence-corrected chi connectivity index (χ0v) is 16.0. The third-order valence-electron chi connectivity index (χ3n) is 4.93. The van der Waals surface area contributed by atoms with E-state index in [1.165, 1.54) is 35.0 Å². The Morgan fingerprint density at radius 1 is 1.14 bits per heavy atom. The average Bonchev–Trinajstić information content (AvgIpc) is 3.13. The lowest BCUT2D eigenvalue weighted by atomic mass is 10.0. The van der Waals surface area contributed by atoms with Gasteiger partial charge in [0.15, 0.2) is 11.5 Å². The molecule has 1 aliphatic rings. The molecule has 4 rings (SSSR count). The number of carbonyl (C=O) groups is 1. The third-order valence-corrected chi connectivity index (χ3v) is 5.22. The molecule has 0 atom stereocenters. The van der Waals surface area contributed by atoms with Crippen LogP contribution in [0.15, 0.2) is 42.9 Å². The lowest BCUT2D eigenvalue weighted by molar-refractivity contribution is -0.104. The number of imidazole rings is 1. The molecule has 0 radical (unpaired) electrons. The van der Waals surface area contributed by atoms with Crippen molar-refractivity contribution in [2.45, 2.75) is 0 Å². The smallest absolute Gasteiger partial charge is 0.175 e. The molecule has 0 unspecified atom stereocenters. The van der Waals surface area contributed by atoms with Crippen molar-refractivity contribution in [3.05, 3.63) is 59.5 Å². The molecular weight excluding hydrogens is 402 g/mol. The van der Waals surface area contributed by atoms with E-state index >= 15 is 4.39 Å². The van der Waals surface area contributed by atoms with Crippen molar-refractivity contribution in [1.82, 2.24) is 14.3 Å². The van der Waals surface area contributed by atoms with Crippen LogP contribution >= 0.6 is 11.6 Å². The molecule has 0 aliphatic carbocycles. The average molecular weight is 419 g/mol. The van der Waals surface area contributed by atoms with Crippen molar-refractivity contribution in [3.8, 4) is 16.9 Å². The normalized spacial score (nSPS) is 14.9. The molecule has 3 heterocycles. The molecule has 2 aromatic heterocycles. The van der Waals surface area contributed by atoms with Crippen LogP contribution in [0.5, 0.6) is 5.75 Å². The van der Waals surface area contributed by atoms with Crippen LogP contribution < -0.4 is 4.90 Å². The van der Waals surface area contributed by atoms with E-state index in [1.807, 2.05) is 9.80 Å². The predicted octanol–water partition coefficient (Wildman–Crippen LogP) is 3.47. The number of pyridine rings is 1. The fourth-order valence-electron chi connectivity index (χ4n) is 3.52. The minimum Gasteiger partial charge on any atom is -0.507 e. The molecule has 1 fully saturated rings. The first-order chi connectivity index (χ1) is 14.0. The van der Waals surface area contributed by atoms with E-state index in [9.17, 15) is 14.3 Å². The molecule has 0 amide bonds. The molecule has 0 bridgehead atoms. The van der Waals surface area contributed by atoms with E-state index in [1.54, 1.807) is 6.20 Å². The van der Waals surface area contributed by atoms with E-state index < -0.39 is 17.4 Å². The fraction of sp³-hybridized carbons (Fsp3) is 0.200. The van der Waals surface area contributed by atoms with Gasteiger partial charge in [0, 0.05) is 44.1 Å². The summed E-state index contributed by atoms with van der Waals surface area (Å²) < 4.78 is 31.0. The Balaban J connectivity index is 1.72. The van der Waals surface area contributed by atoms with Crippen molar-refractivity contribution >= 4 is 29.4 Å². The first-order valence-electron chi connectivity index (χ1n) is 8.95. The maximum Gasteiger partial charge on any atom is 0.175 e. The summed E-state index contributed by atoms with van der Waals surface area (Å²) in [7, 11) is 0. The van der Waals surface area contributed by atoms with Gasteiger partial charge >= 0.3 is 0 Å².